The molecule has 1 heterocycles. The minimum atomic E-state index is -0.0706. The lowest BCUT2D eigenvalue weighted by molar-refractivity contribution is -0.119. The van der Waals surface area contributed by atoms with Crippen LogP contribution < -0.4 is 10.6 Å². The van der Waals surface area contributed by atoms with Gasteiger partial charge < -0.3 is 5.32 Å². The summed E-state index contributed by atoms with van der Waals surface area (Å²) in [6.07, 6.45) is 4.63. The molecule has 3 heteroatoms. The maximum atomic E-state index is 11.2. The molecule has 1 atom stereocenters. The zero-order valence-electron chi connectivity index (χ0n) is 8.44. The highest BCUT2D eigenvalue weighted by atomic mass is 16.2. The van der Waals surface area contributed by atoms with Crippen molar-refractivity contribution in [2.45, 2.75) is 45.2 Å². The number of nitrogens with one attached hydrogen (secondary N) is 2. The van der Waals surface area contributed by atoms with Gasteiger partial charge >= 0.3 is 0 Å². The number of carbonyl (C=O) groups excluding carboxylic acids is 1. The van der Waals surface area contributed by atoms with Crippen LogP contribution in [0.15, 0.2) is 0 Å². The lowest BCUT2D eigenvalue weighted by atomic mass is 9.72. The summed E-state index contributed by atoms with van der Waals surface area (Å²) in [6.45, 7) is 5.05. The van der Waals surface area contributed by atoms with E-state index in [-0.39, 0.29) is 11.6 Å². The summed E-state index contributed by atoms with van der Waals surface area (Å²) in [5, 5.41) is 6.39. The van der Waals surface area contributed by atoms with Crippen LogP contribution in [0.5, 0.6) is 0 Å². The first-order chi connectivity index (χ1) is 6.02. The fourth-order valence-electron chi connectivity index (χ4n) is 2.72. The molecule has 0 radical (unpaired) electrons. The van der Waals surface area contributed by atoms with E-state index in [4.69, 9.17) is 0 Å². The van der Waals surface area contributed by atoms with Crippen molar-refractivity contribution in [1.29, 1.82) is 0 Å². The fraction of sp³-hybridized carbons (Fsp3) is 0.900. The first-order valence-corrected chi connectivity index (χ1v) is 5.08. The van der Waals surface area contributed by atoms with Gasteiger partial charge in [0.1, 0.15) is 0 Å². The molecule has 1 aliphatic carbocycles. The van der Waals surface area contributed by atoms with E-state index in [1.807, 2.05) is 0 Å². The summed E-state index contributed by atoms with van der Waals surface area (Å²) in [7, 11) is 0. The smallest absolute Gasteiger partial charge is 0.235 e. The van der Waals surface area contributed by atoms with Crippen molar-refractivity contribution >= 4 is 5.91 Å². The van der Waals surface area contributed by atoms with E-state index in [1.54, 1.807) is 0 Å². The first kappa shape index (κ1) is 9.00. The lowest BCUT2D eigenvalue weighted by Crippen LogP contribution is -2.54. The summed E-state index contributed by atoms with van der Waals surface area (Å²) in [4.78, 5) is 11.2. The zero-order valence-corrected chi connectivity index (χ0v) is 8.44. The van der Waals surface area contributed by atoms with Crippen molar-refractivity contribution in [2.75, 3.05) is 6.54 Å². The molecule has 0 aromatic carbocycles. The molecule has 1 unspecified atom stereocenters. The molecule has 2 N–H and O–H groups in total. The molecule has 2 rings (SSSR count). The van der Waals surface area contributed by atoms with Crippen LogP contribution in [0.1, 0.15) is 39.5 Å². The van der Waals surface area contributed by atoms with E-state index >= 15 is 0 Å². The molecule has 0 aromatic rings. The summed E-state index contributed by atoms with van der Waals surface area (Å²) < 4.78 is 0. The summed E-state index contributed by atoms with van der Waals surface area (Å²) in [6, 6.07) is 0. The summed E-state index contributed by atoms with van der Waals surface area (Å²) in [5.41, 5.74) is 0.293. The zero-order chi connectivity index (χ0) is 9.53. The molecule has 0 bridgehead atoms. The molecular weight excluding hydrogens is 164 g/mol. The highest BCUT2D eigenvalue weighted by molar-refractivity contribution is 5.81. The number of hydrogen-bond acceptors (Lipinski definition) is 2. The van der Waals surface area contributed by atoms with Crippen LogP contribution in [0.4, 0.5) is 0 Å². The van der Waals surface area contributed by atoms with E-state index in [0.717, 1.165) is 12.8 Å². The van der Waals surface area contributed by atoms with Crippen molar-refractivity contribution in [3.63, 3.8) is 0 Å². The van der Waals surface area contributed by atoms with Gasteiger partial charge in [-0.1, -0.05) is 13.8 Å². The van der Waals surface area contributed by atoms with Crippen LogP contribution >= 0.6 is 0 Å². The van der Waals surface area contributed by atoms with Crippen LogP contribution in [0.3, 0.4) is 0 Å². The number of carbonyl (C=O) groups is 1. The number of hydrogen-bond donors (Lipinski definition) is 2. The van der Waals surface area contributed by atoms with Gasteiger partial charge in [0.2, 0.25) is 5.91 Å². The molecule has 0 aromatic heterocycles. The van der Waals surface area contributed by atoms with Crippen molar-refractivity contribution < 1.29 is 4.79 Å². The average Bonchev–Trinajstić information content (AvgIpc) is 2.29. The van der Waals surface area contributed by atoms with Gasteiger partial charge in [-0.15, -0.1) is 0 Å². The Morgan fingerprint density at radius 2 is 2.08 bits per heavy atom. The van der Waals surface area contributed by atoms with Gasteiger partial charge in [0, 0.05) is 0 Å². The Balaban J connectivity index is 2.11. The second kappa shape index (κ2) is 2.71. The highest BCUT2D eigenvalue weighted by Gasteiger charge is 2.43. The highest BCUT2D eigenvalue weighted by Crippen LogP contribution is 2.40. The Morgan fingerprint density at radius 1 is 1.31 bits per heavy atom. The Morgan fingerprint density at radius 3 is 2.62 bits per heavy atom. The predicted molar refractivity (Wildman–Crippen MR) is 51.1 cm³/mol. The second-order valence-corrected chi connectivity index (χ2v) is 5.18. The Kier molecular flexibility index (Phi) is 1.88. The normalized spacial score (nSPS) is 37.8. The molecule has 3 nitrogen and oxygen atoms in total. The molecule has 1 saturated heterocycles. The van der Waals surface area contributed by atoms with Crippen LogP contribution in [0.2, 0.25) is 0 Å². The maximum Gasteiger partial charge on any atom is 0.235 e. The van der Waals surface area contributed by atoms with Gasteiger partial charge in [-0.25, -0.2) is 0 Å². The van der Waals surface area contributed by atoms with Crippen LogP contribution in [0.25, 0.3) is 0 Å². The maximum absolute atomic E-state index is 11.2. The Labute approximate surface area is 79.3 Å². The van der Waals surface area contributed by atoms with Gasteiger partial charge in [-0.3, -0.25) is 10.1 Å². The molecule has 13 heavy (non-hydrogen) atoms. The van der Waals surface area contributed by atoms with E-state index < -0.39 is 0 Å². The topological polar surface area (TPSA) is 41.1 Å². The Bertz CT molecular complexity index is 237. The van der Waals surface area contributed by atoms with E-state index in [1.165, 1.54) is 12.8 Å². The molecule has 2 fully saturated rings. The summed E-state index contributed by atoms with van der Waals surface area (Å²) >= 11 is 0. The van der Waals surface area contributed by atoms with Crippen molar-refractivity contribution in [2.24, 2.45) is 5.41 Å². The molecule has 1 amide bonds. The minimum Gasteiger partial charge on any atom is -0.337 e. The average molecular weight is 182 g/mol. The molecule has 74 valence electrons. The molecule has 1 saturated carbocycles. The fourth-order valence-corrected chi connectivity index (χ4v) is 2.72. The third-order valence-electron chi connectivity index (χ3n) is 3.20. The monoisotopic (exact) mass is 182 g/mol. The molecule has 1 aliphatic heterocycles. The van der Waals surface area contributed by atoms with Crippen molar-refractivity contribution in [1.82, 2.24) is 10.6 Å². The largest absolute Gasteiger partial charge is 0.337 e. The van der Waals surface area contributed by atoms with Gasteiger partial charge in [-0.05, 0) is 31.1 Å². The van der Waals surface area contributed by atoms with Gasteiger partial charge in [0.05, 0.1) is 12.2 Å². The first-order valence-electron chi connectivity index (χ1n) is 5.08. The van der Waals surface area contributed by atoms with Crippen molar-refractivity contribution in [3.8, 4) is 0 Å². The minimum absolute atomic E-state index is 0.0706. The number of rotatable bonds is 0. The molecule has 2 aliphatic rings. The van der Waals surface area contributed by atoms with Gasteiger partial charge in [0.15, 0.2) is 0 Å². The molecule has 1 spiro atoms. The SMILES string of the molecule is CC1(C)CCCC2(C1)NCC(=O)N2. The van der Waals surface area contributed by atoms with Crippen molar-refractivity contribution in [3.05, 3.63) is 0 Å². The Hall–Kier alpha value is -0.570. The van der Waals surface area contributed by atoms with E-state index in [0.29, 0.717) is 12.0 Å². The van der Waals surface area contributed by atoms with Crippen LogP contribution in [0, 0.1) is 5.41 Å². The van der Waals surface area contributed by atoms with Crippen LogP contribution in [-0.4, -0.2) is 18.1 Å². The van der Waals surface area contributed by atoms with Gasteiger partial charge in [-0.2, -0.15) is 0 Å². The number of amides is 1. The van der Waals surface area contributed by atoms with Crippen LogP contribution in [-0.2, 0) is 4.79 Å². The van der Waals surface area contributed by atoms with Gasteiger partial charge in [0.25, 0.3) is 0 Å². The van der Waals surface area contributed by atoms with E-state index in [2.05, 4.69) is 24.5 Å². The standard InChI is InChI=1S/C10H18N2O/c1-9(2)4-3-5-10(7-9)11-6-8(13)12-10/h11H,3-7H2,1-2H3,(H,12,13). The van der Waals surface area contributed by atoms with E-state index in [9.17, 15) is 4.79 Å². The third-order valence-corrected chi connectivity index (χ3v) is 3.20. The lowest BCUT2D eigenvalue weighted by Gasteiger charge is -2.42. The predicted octanol–water partition coefficient (Wildman–Crippen LogP) is 1.00. The summed E-state index contributed by atoms with van der Waals surface area (Å²) in [5.74, 6) is 0.151. The third kappa shape index (κ3) is 1.70. The quantitative estimate of drug-likeness (QED) is 0.587. The second-order valence-electron chi connectivity index (χ2n) is 5.18. The molecular formula is C10H18N2O.